The number of ether oxygens (including phenoxy) is 1. The van der Waals surface area contributed by atoms with Crippen LogP contribution in [0.1, 0.15) is 23.0 Å². The molecular weight excluding hydrogens is 316 g/mol. The van der Waals surface area contributed by atoms with Crippen molar-refractivity contribution in [1.29, 1.82) is 0 Å². The molecule has 1 fully saturated rings. The summed E-state index contributed by atoms with van der Waals surface area (Å²) in [7, 11) is 1.81. The number of aliphatic hydroxyl groups excluding tert-OH is 1. The summed E-state index contributed by atoms with van der Waals surface area (Å²) in [6.07, 6.45) is -0.476. The number of nitrogens with one attached hydrogen (secondary N) is 1. The molecule has 23 heavy (non-hydrogen) atoms. The van der Waals surface area contributed by atoms with Gasteiger partial charge in [-0.25, -0.2) is 0 Å². The number of rotatable bonds is 7. The first kappa shape index (κ1) is 18.1. The number of nitrogens with zero attached hydrogens (tertiary/aromatic N) is 3. The largest absolute Gasteiger partial charge is 0.389 e. The number of hydrogen-bond donors (Lipinski definition) is 2. The molecule has 8 heteroatoms. The monoisotopic (exact) mass is 342 g/mol. The van der Waals surface area contributed by atoms with Gasteiger partial charge in [-0.2, -0.15) is 4.37 Å². The van der Waals surface area contributed by atoms with Crippen molar-refractivity contribution in [1.82, 2.24) is 14.2 Å². The predicted molar refractivity (Wildman–Crippen MR) is 91.2 cm³/mol. The summed E-state index contributed by atoms with van der Waals surface area (Å²) in [4.78, 5) is 16.7. The van der Waals surface area contributed by atoms with Crippen molar-refractivity contribution < 1.29 is 14.6 Å². The molecule has 1 aliphatic heterocycles. The van der Waals surface area contributed by atoms with Gasteiger partial charge in [0.05, 0.1) is 24.0 Å². The van der Waals surface area contributed by atoms with Crippen molar-refractivity contribution in [3.63, 3.8) is 0 Å². The van der Waals surface area contributed by atoms with Gasteiger partial charge in [-0.15, -0.1) is 0 Å². The maximum atomic E-state index is 12.7. The van der Waals surface area contributed by atoms with E-state index in [-0.39, 0.29) is 5.91 Å². The van der Waals surface area contributed by atoms with Crippen LogP contribution in [0.5, 0.6) is 0 Å². The molecule has 2 rings (SSSR count). The smallest absolute Gasteiger partial charge is 0.258 e. The maximum absolute atomic E-state index is 12.7. The highest BCUT2D eigenvalue weighted by Crippen LogP contribution is 2.25. The number of anilines is 1. The van der Waals surface area contributed by atoms with Crippen molar-refractivity contribution in [2.45, 2.75) is 20.0 Å². The van der Waals surface area contributed by atoms with Gasteiger partial charge in [-0.05, 0) is 25.4 Å². The number of hydrogen-bond acceptors (Lipinski definition) is 7. The second-order valence-electron chi connectivity index (χ2n) is 5.63. The highest BCUT2D eigenvalue weighted by molar-refractivity contribution is 7.10. The molecule has 2 heterocycles. The molecule has 0 bridgehead atoms. The Hall–Kier alpha value is -1.22. The first-order valence-corrected chi connectivity index (χ1v) is 8.75. The van der Waals surface area contributed by atoms with Crippen molar-refractivity contribution in [2.24, 2.45) is 0 Å². The molecule has 1 saturated heterocycles. The number of aliphatic hydroxyl groups is 1. The molecule has 2 N–H and O–H groups in total. The van der Waals surface area contributed by atoms with E-state index in [9.17, 15) is 9.90 Å². The molecule has 1 aliphatic rings. The molecular formula is C15H26N4O3S. The Morgan fingerprint density at radius 1 is 1.43 bits per heavy atom. The fourth-order valence-corrected chi connectivity index (χ4v) is 3.43. The van der Waals surface area contributed by atoms with Gasteiger partial charge < -0.3 is 20.1 Å². The lowest BCUT2D eigenvalue weighted by Gasteiger charge is -2.35. The minimum absolute atomic E-state index is 0.0371. The van der Waals surface area contributed by atoms with Crippen LogP contribution in [0.4, 0.5) is 5.00 Å². The quantitative estimate of drug-likeness (QED) is 0.758. The third kappa shape index (κ3) is 4.63. The molecule has 0 saturated carbocycles. The molecule has 1 amide bonds. The van der Waals surface area contributed by atoms with E-state index in [2.05, 4.69) is 14.6 Å². The molecule has 0 spiro atoms. The number of piperazine rings is 1. The van der Waals surface area contributed by atoms with Gasteiger partial charge in [-0.3, -0.25) is 9.69 Å². The van der Waals surface area contributed by atoms with Crippen LogP contribution in [0.25, 0.3) is 0 Å². The van der Waals surface area contributed by atoms with Crippen molar-refractivity contribution in [3.8, 4) is 0 Å². The Bertz CT molecular complexity index is 515. The van der Waals surface area contributed by atoms with E-state index in [0.717, 1.165) is 23.8 Å². The lowest BCUT2D eigenvalue weighted by atomic mass is 10.2. The fourth-order valence-electron chi connectivity index (χ4n) is 2.69. The van der Waals surface area contributed by atoms with E-state index in [1.54, 1.807) is 7.05 Å². The third-order valence-corrected chi connectivity index (χ3v) is 4.90. The van der Waals surface area contributed by atoms with Crippen LogP contribution in [0, 0.1) is 6.92 Å². The number of amides is 1. The molecule has 0 aromatic carbocycles. The molecule has 0 unspecified atom stereocenters. The minimum atomic E-state index is -0.476. The number of carbonyl (C=O) groups excluding carboxylic acids is 1. The predicted octanol–water partition coefficient (Wildman–Crippen LogP) is 0.648. The Morgan fingerprint density at radius 2 is 2.13 bits per heavy atom. The number of aromatic nitrogens is 1. The van der Waals surface area contributed by atoms with Crippen molar-refractivity contribution in [3.05, 3.63) is 11.3 Å². The highest BCUT2D eigenvalue weighted by atomic mass is 32.1. The average molecular weight is 342 g/mol. The molecule has 7 nitrogen and oxygen atoms in total. The Labute approximate surface area is 141 Å². The first-order valence-electron chi connectivity index (χ1n) is 7.98. The number of aryl methyl sites for hydroxylation is 1. The van der Waals surface area contributed by atoms with Crippen molar-refractivity contribution >= 4 is 22.4 Å². The molecule has 1 atom stereocenters. The standard InChI is InChI=1S/C15H26N4O3S/c1-4-22-10-12(20)9-18-5-7-19(8-6-18)15(21)13-11(2)17-23-14(13)16-3/h12,16,20H,4-10H2,1-3H3/t12-/m1/s1. The van der Waals surface area contributed by atoms with Crippen LogP contribution >= 0.6 is 11.5 Å². The van der Waals surface area contributed by atoms with Gasteiger partial charge in [0.1, 0.15) is 5.00 Å². The van der Waals surface area contributed by atoms with E-state index in [4.69, 9.17) is 4.74 Å². The van der Waals surface area contributed by atoms with Crippen LogP contribution in [-0.4, -0.2) is 84.3 Å². The topological polar surface area (TPSA) is 77.9 Å². The fraction of sp³-hybridized carbons (Fsp3) is 0.733. The summed E-state index contributed by atoms with van der Waals surface area (Å²) in [5.74, 6) is 0.0371. The van der Waals surface area contributed by atoms with E-state index < -0.39 is 6.10 Å². The van der Waals surface area contributed by atoms with E-state index in [0.29, 0.717) is 38.4 Å². The minimum Gasteiger partial charge on any atom is -0.389 e. The van der Waals surface area contributed by atoms with Crippen LogP contribution in [0.2, 0.25) is 0 Å². The van der Waals surface area contributed by atoms with Gasteiger partial charge in [0.15, 0.2) is 0 Å². The van der Waals surface area contributed by atoms with Gasteiger partial charge >= 0.3 is 0 Å². The second-order valence-corrected chi connectivity index (χ2v) is 6.40. The molecule has 1 aromatic heterocycles. The lowest BCUT2D eigenvalue weighted by molar-refractivity contribution is 0.0111. The number of carbonyl (C=O) groups is 1. The Morgan fingerprint density at radius 3 is 2.74 bits per heavy atom. The second kappa shape index (κ2) is 8.58. The average Bonchev–Trinajstić information content (AvgIpc) is 2.93. The highest BCUT2D eigenvalue weighted by Gasteiger charge is 2.27. The summed E-state index contributed by atoms with van der Waals surface area (Å²) < 4.78 is 9.49. The molecule has 1 aromatic rings. The summed E-state index contributed by atoms with van der Waals surface area (Å²) in [6, 6.07) is 0. The van der Waals surface area contributed by atoms with Crippen molar-refractivity contribution in [2.75, 3.05) is 58.3 Å². The van der Waals surface area contributed by atoms with Crippen LogP contribution in [0.15, 0.2) is 0 Å². The summed E-state index contributed by atoms with van der Waals surface area (Å²) in [5.41, 5.74) is 1.46. The zero-order valence-electron chi connectivity index (χ0n) is 14.0. The summed E-state index contributed by atoms with van der Waals surface area (Å²) >= 11 is 1.32. The Kier molecular flexibility index (Phi) is 6.76. The molecule has 0 radical (unpaired) electrons. The summed E-state index contributed by atoms with van der Waals surface area (Å²) in [5, 5.41) is 13.8. The van der Waals surface area contributed by atoms with Gasteiger partial charge in [0.2, 0.25) is 0 Å². The lowest BCUT2D eigenvalue weighted by Crippen LogP contribution is -2.51. The zero-order chi connectivity index (χ0) is 16.8. The SMILES string of the molecule is CCOC[C@H](O)CN1CCN(C(=O)c2c(C)nsc2NC)CC1. The molecule has 130 valence electrons. The van der Waals surface area contributed by atoms with E-state index in [1.165, 1.54) is 11.5 Å². The van der Waals surface area contributed by atoms with Crippen LogP contribution in [0.3, 0.4) is 0 Å². The maximum Gasteiger partial charge on any atom is 0.258 e. The third-order valence-electron chi connectivity index (χ3n) is 3.95. The van der Waals surface area contributed by atoms with E-state index in [1.807, 2.05) is 18.7 Å². The first-order chi connectivity index (χ1) is 11.1. The van der Waals surface area contributed by atoms with Crippen LogP contribution < -0.4 is 5.32 Å². The Balaban J connectivity index is 1.86. The van der Waals surface area contributed by atoms with Gasteiger partial charge in [0, 0.05) is 46.4 Å². The van der Waals surface area contributed by atoms with Gasteiger partial charge in [0.25, 0.3) is 5.91 Å². The summed E-state index contributed by atoms with van der Waals surface area (Å²) in [6.45, 7) is 8.20. The van der Waals surface area contributed by atoms with Crippen LogP contribution in [-0.2, 0) is 4.74 Å². The molecule has 0 aliphatic carbocycles. The van der Waals surface area contributed by atoms with E-state index >= 15 is 0 Å². The van der Waals surface area contributed by atoms with Gasteiger partial charge in [-0.1, -0.05) is 0 Å². The normalized spacial score (nSPS) is 17.3. The zero-order valence-corrected chi connectivity index (χ0v) is 14.9. The number of β-amino-alcohol motifs (C(OH)–C–C–N with tert-alkyl or cyclic N) is 1.